The summed E-state index contributed by atoms with van der Waals surface area (Å²) in [5, 5.41) is 5.81. The number of aromatic nitrogens is 1. The van der Waals surface area contributed by atoms with Gasteiger partial charge >= 0.3 is 0 Å². The van der Waals surface area contributed by atoms with E-state index in [0.717, 1.165) is 0 Å². The van der Waals surface area contributed by atoms with Gasteiger partial charge in [-0.25, -0.2) is 0 Å². The van der Waals surface area contributed by atoms with Gasteiger partial charge in [-0.3, -0.25) is 29.3 Å². The predicted octanol–water partition coefficient (Wildman–Crippen LogP) is 1.54. The molecular weight excluding hydrogens is 412 g/mol. The van der Waals surface area contributed by atoms with Crippen molar-refractivity contribution in [2.45, 2.75) is 25.4 Å². The molecule has 4 amide bonds. The molecular formula is C23H18N4O5. The van der Waals surface area contributed by atoms with Gasteiger partial charge in [0.2, 0.25) is 17.4 Å². The third-order valence-corrected chi connectivity index (χ3v) is 5.80. The first-order chi connectivity index (χ1) is 15.4. The summed E-state index contributed by atoms with van der Waals surface area (Å²) < 4.78 is 0. The topological polar surface area (TPSA) is 128 Å². The predicted molar refractivity (Wildman–Crippen MR) is 115 cm³/mol. The van der Waals surface area contributed by atoms with Crippen LogP contribution in [-0.2, 0) is 16.1 Å². The number of carbonyl (C=O) groups is 4. The van der Waals surface area contributed by atoms with Gasteiger partial charge in [0.1, 0.15) is 6.04 Å². The molecule has 9 nitrogen and oxygen atoms in total. The van der Waals surface area contributed by atoms with Crippen molar-refractivity contribution in [3.63, 3.8) is 0 Å². The monoisotopic (exact) mass is 430 g/mol. The maximum Gasteiger partial charge on any atom is 0.255 e. The van der Waals surface area contributed by atoms with Crippen LogP contribution in [0.25, 0.3) is 10.9 Å². The highest BCUT2D eigenvalue weighted by Gasteiger charge is 2.39. The number of hydrogen-bond acceptors (Lipinski definition) is 5. The average Bonchev–Trinajstić information content (AvgIpc) is 3.09. The summed E-state index contributed by atoms with van der Waals surface area (Å²) in [6.45, 7) is 0.192. The van der Waals surface area contributed by atoms with Gasteiger partial charge in [-0.05, 0) is 48.4 Å². The van der Waals surface area contributed by atoms with Crippen molar-refractivity contribution < 1.29 is 19.2 Å². The van der Waals surface area contributed by atoms with Gasteiger partial charge in [-0.15, -0.1) is 0 Å². The first-order valence-corrected chi connectivity index (χ1v) is 10.1. The van der Waals surface area contributed by atoms with E-state index in [2.05, 4.69) is 15.6 Å². The lowest BCUT2D eigenvalue weighted by Gasteiger charge is -2.29. The second-order valence-corrected chi connectivity index (χ2v) is 7.82. The van der Waals surface area contributed by atoms with Crippen LogP contribution in [0, 0.1) is 0 Å². The molecule has 0 radical (unpaired) electrons. The van der Waals surface area contributed by atoms with Crippen LogP contribution >= 0.6 is 0 Å². The smallest absolute Gasteiger partial charge is 0.255 e. The van der Waals surface area contributed by atoms with Crippen LogP contribution in [0.2, 0.25) is 0 Å². The minimum atomic E-state index is -0.706. The number of benzene rings is 2. The number of carbonyl (C=O) groups excluding carboxylic acids is 4. The molecule has 0 aliphatic carbocycles. The molecule has 3 heterocycles. The van der Waals surface area contributed by atoms with Crippen LogP contribution in [0.1, 0.15) is 39.1 Å². The molecule has 1 fully saturated rings. The van der Waals surface area contributed by atoms with E-state index in [1.165, 1.54) is 11.0 Å². The zero-order valence-electron chi connectivity index (χ0n) is 16.8. The largest absolute Gasteiger partial charge is 0.322 e. The van der Waals surface area contributed by atoms with E-state index < -0.39 is 11.9 Å². The van der Waals surface area contributed by atoms with Crippen LogP contribution in [0.15, 0.2) is 53.3 Å². The fourth-order valence-corrected chi connectivity index (χ4v) is 4.21. The van der Waals surface area contributed by atoms with E-state index in [1.54, 1.807) is 42.5 Å². The fourth-order valence-electron chi connectivity index (χ4n) is 4.21. The molecule has 2 aliphatic heterocycles. The molecule has 2 aromatic carbocycles. The zero-order valence-corrected chi connectivity index (χ0v) is 16.8. The number of H-pyrrole nitrogens is 1. The highest BCUT2D eigenvalue weighted by molar-refractivity contribution is 6.10. The van der Waals surface area contributed by atoms with Gasteiger partial charge in [0, 0.05) is 35.5 Å². The number of hydrogen-bond donors (Lipinski definition) is 3. The third kappa shape index (κ3) is 3.33. The number of rotatable bonds is 3. The third-order valence-electron chi connectivity index (χ3n) is 5.80. The Bertz CT molecular complexity index is 1380. The maximum atomic E-state index is 12.9. The molecule has 1 atom stereocenters. The molecule has 1 aromatic heterocycles. The number of pyridine rings is 1. The van der Waals surface area contributed by atoms with Gasteiger partial charge in [-0.2, -0.15) is 0 Å². The Morgan fingerprint density at radius 3 is 2.69 bits per heavy atom. The lowest BCUT2D eigenvalue weighted by molar-refractivity contribution is -0.136. The molecule has 3 aromatic rings. The minimum absolute atomic E-state index is 0.181. The first-order valence-electron chi connectivity index (χ1n) is 10.1. The van der Waals surface area contributed by atoms with Crippen molar-refractivity contribution >= 4 is 40.2 Å². The lowest BCUT2D eigenvalue weighted by Crippen LogP contribution is -2.52. The van der Waals surface area contributed by atoms with Crippen molar-refractivity contribution in [1.29, 1.82) is 0 Å². The molecule has 160 valence electrons. The molecule has 1 unspecified atom stereocenters. The van der Waals surface area contributed by atoms with Gasteiger partial charge in [0.25, 0.3) is 11.8 Å². The van der Waals surface area contributed by atoms with Crippen LogP contribution in [0.3, 0.4) is 0 Å². The highest BCUT2D eigenvalue weighted by atomic mass is 16.2. The molecule has 1 saturated heterocycles. The van der Waals surface area contributed by atoms with E-state index in [0.29, 0.717) is 33.3 Å². The number of imide groups is 1. The van der Waals surface area contributed by atoms with Gasteiger partial charge in [0.05, 0.1) is 11.2 Å². The van der Waals surface area contributed by atoms with Crippen LogP contribution in [0.5, 0.6) is 0 Å². The Kier molecular flexibility index (Phi) is 4.58. The number of nitrogens with one attached hydrogen (secondary N) is 3. The Balaban J connectivity index is 1.38. The molecule has 0 bridgehead atoms. The Hall–Kier alpha value is -4.27. The average molecular weight is 430 g/mol. The maximum absolute atomic E-state index is 12.9. The Morgan fingerprint density at radius 2 is 1.88 bits per heavy atom. The zero-order chi connectivity index (χ0) is 22.4. The summed E-state index contributed by atoms with van der Waals surface area (Å²) in [5.41, 5.74) is 2.37. The standard InChI is InChI=1S/C23H18N4O5/c28-19-8-6-15-16(24-19)2-1-3-17(15)25-21(30)12-4-5-14-13(10-12)11-27(23(14)32)18-7-9-20(29)26-22(18)31/h1-6,8,10,18H,7,9,11H2,(H,24,28)(H,25,30)(H,26,29,31). The Labute approximate surface area is 181 Å². The van der Waals surface area contributed by atoms with Crippen molar-refractivity contribution in [3.8, 4) is 0 Å². The van der Waals surface area contributed by atoms with Crippen molar-refractivity contribution in [2.24, 2.45) is 0 Å². The molecule has 9 heteroatoms. The van der Waals surface area contributed by atoms with Gasteiger partial charge < -0.3 is 15.2 Å². The summed E-state index contributed by atoms with van der Waals surface area (Å²) in [7, 11) is 0. The number of fused-ring (bicyclic) bond motifs is 2. The number of amides is 4. The summed E-state index contributed by atoms with van der Waals surface area (Å²) >= 11 is 0. The van der Waals surface area contributed by atoms with Gasteiger partial charge in [0.15, 0.2) is 0 Å². The molecule has 0 spiro atoms. The first kappa shape index (κ1) is 19.7. The highest BCUT2D eigenvalue weighted by Crippen LogP contribution is 2.29. The second kappa shape index (κ2) is 7.45. The molecule has 5 rings (SSSR count). The van der Waals surface area contributed by atoms with Crippen molar-refractivity contribution in [3.05, 3.63) is 75.6 Å². The lowest BCUT2D eigenvalue weighted by atomic mass is 10.0. The van der Waals surface area contributed by atoms with E-state index in [4.69, 9.17) is 0 Å². The van der Waals surface area contributed by atoms with E-state index >= 15 is 0 Å². The normalized spacial score (nSPS) is 17.9. The second-order valence-electron chi connectivity index (χ2n) is 7.82. The molecule has 32 heavy (non-hydrogen) atoms. The van der Waals surface area contributed by atoms with Crippen LogP contribution < -0.4 is 16.2 Å². The summed E-state index contributed by atoms with van der Waals surface area (Å²) in [6.07, 6.45) is 0.460. The molecule has 2 aliphatic rings. The van der Waals surface area contributed by atoms with E-state index in [9.17, 15) is 24.0 Å². The van der Waals surface area contributed by atoms with Crippen molar-refractivity contribution in [2.75, 3.05) is 5.32 Å². The van der Waals surface area contributed by atoms with Crippen LogP contribution in [-0.4, -0.2) is 39.6 Å². The van der Waals surface area contributed by atoms with E-state index in [-0.39, 0.29) is 42.7 Å². The molecule has 3 N–H and O–H groups in total. The van der Waals surface area contributed by atoms with E-state index in [1.807, 2.05) is 0 Å². The number of piperidine rings is 1. The number of nitrogens with zero attached hydrogens (tertiary/aromatic N) is 1. The number of anilines is 1. The summed E-state index contributed by atoms with van der Waals surface area (Å²) in [4.78, 5) is 65.0. The Morgan fingerprint density at radius 1 is 1.03 bits per heavy atom. The number of aromatic amines is 1. The van der Waals surface area contributed by atoms with Gasteiger partial charge in [-0.1, -0.05) is 6.07 Å². The SMILES string of the molecule is O=C1CCC(N2Cc3cc(C(=O)Nc4cccc5[nH]c(=O)ccc45)ccc3C2=O)C(=O)N1. The molecule has 0 saturated carbocycles. The van der Waals surface area contributed by atoms with Crippen molar-refractivity contribution in [1.82, 2.24) is 15.2 Å². The summed E-state index contributed by atoms with van der Waals surface area (Å²) in [6, 6.07) is 12.3. The quantitative estimate of drug-likeness (QED) is 0.543. The van der Waals surface area contributed by atoms with Crippen LogP contribution in [0.4, 0.5) is 5.69 Å². The minimum Gasteiger partial charge on any atom is -0.322 e. The summed E-state index contributed by atoms with van der Waals surface area (Å²) in [5.74, 6) is -1.47. The fraction of sp³-hybridized carbons (Fsp3) is 0.174.